The molecular weight excluding hydrogens is 274 g/mol. The van der Waals surface area contributed by atoms with Gasteiger partial charge >= 0.3 is 5.97 Å². The van der Waals surface area contributed by atoms with Crippen LogP contribution in [-0.4, -0.2) is 40.4 Å². The zero-order valence-corrected chi connectivity index (χ0v) is 11.7. The zero-order chi connectivity index (χ0) is 15.0. The summed E-state index contributed by atoms with van der Waals surface area (Å²) in [6, 6.07) is 3.34. The largest absolute Gasteiger partial charge is 0.478 e. The first kappa shape index (κ1) is 13.4. The molecule has 2 aromatic rings. The average molecular weight is 289 g/mol. The van der Waals surface area contributed by atoms with Gasteiger partial charge < -0.3 is 19.3 Å². The van der Waals surface area contributed by atoms with Crippen molar-refractivity contribution in [2.75, 3.05) is 18.0 Å². The number of carboxylic acids is 1. The number of hydrogen-bond acceptors (Lipinski definition) is 6. The molecule has 0 bridgehead atoms. The van der Waals surface area contributed by atoms with Gasteiger partial charge in [-0.1, -0.05) is 0 Å². The van der Waals surface area contributed by atoms with Crippen molar-refractivity contribution >= 4 is 11.8 Å². The summed E-state index contributed by atoms with van der Waals surface area (Å²) < 4.78 is 10.6. The zero-order valence-electron chi connectivity index (χ0n) is 11.7. The maximum Gasteiger partial charge on any atom is 0.339 e. The molecule has 0 radical (unpaired) electrons. The van der Waals surface area contributed by atoms with Gasteiger partial charge in [0, 0.05) is 12.3 Å². The third-order valence-electron chi connectivity index (χ3n) is 3.28. The molecule has 3 rings (SSSR count). The molecule has 0 spiro atoms. The number of aromatic carboxylic acids is 1. The summed E-state index contributed by atoms with van der Waals surface area (Å²) >= 11 is 0. The van der Waals surface area contributed by atoms with Gasteiger partial charge in [-0.05, 0) is 30.6 Å². The second kappa shape index (κ2) is 5.08. The Morgan fingerprint density at radius 1 is 1.43 bits per heavy atom. The number of hydrogen-bond donors (Lipinski definition) is 1. The molecular formula is C14H15N3O4. The Bertz CT molecular complexity index is 677. The van der Waals surface area contributed by atoms with Gasteiger partial charge in [-0.15, -0.1) is 0 Å². The number of rotatable bonds is 4. The third kappa shape index (κ3) is 2.67. The lowest BCUT2D eigenvalue weighted by Gasteiger charge is -2.39. The summed E-state index contributed by atoms with van der Waals surface area (Å²) in [4.78, 5) is 17.4. The van der Waals surface area contributed by atoms with Crippen LogP contribution >= 0.6 is 0 Å². The number of carbonyl (C=O) groups is 1. The molecule has 2 aromatic heterocycles. The van der Waals surface area contributed by atoms with Crippen LogP contribution in [0, 0.1) is 13.8 Å². The smallest absolute Gasteiger partial charge is 0.339 e. The Labute approximate surface area is 121 Å². The van der Waals surface area contributed by atoms with E-state index < -0.39 is 5.97 Å². The van der Waals surface area contributed by atoms with Crippen LogP contribution in [0.2, 0.25) is 0 Å². The first-order valence-electron chi connectivity index (χ1n) is 6.58. The van der Waals surface area contributed by atoms with Crippen molar-refractivity contribution in [3.05, 3.63) is 35.2 Å². The van der Waals surface area contributed by atoms with Gasteiger partial charge in [0.25, 0.3) is 5.88 Å². The number of carboxylic acid groups (broad SMARTS) is 1. The highest BCUT2D eigenvalue weighted by Crippen LogP contribution is 2.26. The molecule has 0 amide bonds. The number of aromatic nitrogens is 2. The number of nitrogens with zero attached hydrogens (tertiary/aromatic N) is 3. The van der Waals surface area contributed by atoms with Crippen LogP contribution in [0.5, 0.6) is 5.88 Å². The molecule has 21 heavy (non-hydrogen) atoms. The lowest BCUT2D eigenvalue weighted by Crippen LogP contribution is -2.54. The quantitative estimate of drug-likeness (QED) is 0.915. The van der Waals surface area contributed by atoms with Crippen LogP contribution in [0.3, 0.4) is 0 Å². The summed E-state index contributed by atoms with van der Waals surface area (Å²) in [5.74, 6) is 0.643. The number of aryl methyl sites for hydroxylation is 2. The molecule has 1 fully saturated rings. The Morgan fingerprint density at radius 3 is 2.81 bits per heavy atom. The van der Waals surface area contributed by atoms with E-state index in [-0.39, 0.29) is 11.7 Å². The Morgan fingerprint density at radius 2 is 2.19 bits per heavy atom. The predicted molar refractivity (Wildman–Crippen MR) is 73.8 cm³/mol. The highest BCUT2D eigenvalue weighted by Gasteiger charge is 2.32. The molecule has 0 unspecified atom stereocenters. The molecule has 1 aliphatic heterocycles. The molecule has 7 nitrogen and oxygen atoms in total. The first-order chi connectivity index (χ1) is 10.0. The van der Waals surface area contributed by atoms with Crippen molar-refractivity contribution in [2.45, 2.75) is 20.0 Å². The van der Waals surface area contributed by atoms with Gasteiger partial charge in [0.05, 0.1) is 13.1 Å². The molecule has 7 heteroatoms. The van der Waals surface area contributed by atoms with Gasteiger partial charge in [-0.2, -0.15) is 0 Å². The predicted octanol–water partition coefficient (Wildman–Crippen LogP) is 1.65. The minimum atomic E-state index is -0.974. The molecule has 110 valence electrons. The second-order valence-electron chi connectivity index (χ2n) is 5.11. The fraction of sp³-hybridized carbons (Fsp3) is 0.357. The van der Waals surface area contributed by atoms with E-state index >= 15 is 0 Å². The lowest BCUT2D eigenvalue weighted by atomic mass is 10.1. The van der Waals surface area contributed by atoms with E-state index in [0.717, 1.165) is 5.56 Å². The van der Waals surface area contributed by atoms with Crippen LogP contribution < -0.4 is 9.64 Å². The maximum atomic E-state index is 11.3. The van der Waals surface area contributed by atoms with E-state index in [4.69, 9.17) is 9.26 Å². The van der Waals surface area contributed by atoms with E-state index in [1.807, 2.05) is 11.8 Å². The Kier molecular flexibility index (Phi) is 3.25. The fourth-order valence-electron chi connectivity index (χ4n) is 2.23. The molecule has 1 aliphatic rings. The maximum absolute atomic E-state index is 11.3. The minimum Gasteiger partial charge on any atom is -0.478 e. The van der Waals surface area contributed by atoms with Crippen LogP contribution in [0.15, 0.2) is 22.9 Å². The highest BCUT2D eigenvalue weighted by molar-refractivity contribution is 5.93. The summed E-state index contributed by atoms with van der Waals surface area (Å²) in [6.45, 7) is 4.75. The first-order valence-corrected chi connectivity index (χ1v) is 6.58. The average Bonchev–Trinajstić information content (AvgIpc) is 2.79. The molecule has 3 heterocycles. The number of anilines is 1. The van der Waals surface area contributed by atoms with Crippen LogP contribution in [0.25, 0.3) is 0 Å². The lowest BCUT2D eigenvalue weighted by molar-refractivity contribution is 0.0695. The van der Waals surface area contributed by atoms with Crippen molar-refractivity contribution in [2.24, 2.45) is 0 Å². The fourth-order valence-corrected chi connectivity index (χ4v) is 2.23. The molecule has 0 aliphatic carbocycles. The van der Waals surface area contributed by atoms with E-state index in [0.29, 0.717) is 30.5 Å². The van der Waals surface area contributed by atoms with Gasteiger partial charge in [0.15, 0.2) is 0 Å². The van der Waals surface area contributed by atoms with E-state index in [9.17, 15) is 9.90 Å². The van der Waals surface area contributed by atoms with Crippen LogP contribution in [0.1, 0.15) is 21.7 Å². The standard InChI is InChI=1S/C14H15N3O4/c1-8-3-11(14(18)19)13(15-5-8)17-6-10(7-17)20-12-4-9(2)21-16-12/h3-5,10H,6-7H2,1-2H3,(H,18,19). The molecule has 0 saturated carbocycles. The minimum absolute atomic E-state index is 0.0424. The van der Waals surface area contributed by atoms with Crippen molar-refractivity contribution in [1.82, 2.24) is 10.1 Å². The Hall–Kier alpha value is -2.57. The Balaban J connectivity index is 1.67. The number of pyridine rings is 1. The van der Waals surface area contributed by atoms with Crippen molar-refractivity contribution < 1.29 is 19.2 Å². The topological polar surface area (TPSA) is 88.7 Å². The van der Waals surface area contributed by atoms with Gasteiger partial charge in [-0.3, -0.25) is 0 Å². The van der Waals surface area contributed by atoms with E-state index in [2.05, 4.69) is 10.1 Å². The SMILES string of the molecule is Cc1cnc(N2CC(Oc3cc(C)on3)C2)c(C(=O)O)c1. The van der Waals surface area contributed by atoms with Crippen LogP contribution in [-0.2, 0) is 0 Å². The van der Waals surface area contributed by atoms with Gasteiger partial charge in [0.1, 0.15) is 23.2 Å². The summed E-state index contributed by atoms with van der Waals surface area (Å²) in [6.07, 6.45) is 1.62. The van der Waals surface area contributed by atoms with Crippen LogP contribution in [0.4, 0.5) is 5.82 Å². The van der Waals surface area contributed by atoms with Gasteiger partial charge in [-0.25, -0.2) is 9.78 Å². The monoisotopic (exact) mass is 289 g/mol. The third-order valence-corrected chi connectivity index (χ3v) is 3.28. The highest BCUT2D eigenvalue weighted by atomic mass is 16.5. The molecule has 1 saturated heterocycles. The summed E-state index contributed by atoms with van der Waals surface area (Å²) in [5, 5.41) is 13.0. The second-order valence-corrected chi connectivity index (χ2v) is 5.11. The van der Waals surface area contributed by atoms with Gasteiger partial charge in [0.2, 0.25) is 0 Å². The van der Waals surface area contributed by atoms with Crippen molar-refractivity contribution in [3.63, 3.8) is 0 Å². The van der Waals surface area contributed by atoms with Crippen molar-refractivity contribution in [3.8, 4) is 5.88 Å². The summed E-state index contributed by atoms with van der Waals surface area (Å²) in [7, 11) is 0. The number of ether oxygens (including phenoxy) is 1. The van der Waals surface area contributed by atoms with Crippen molar-refractivity contribution in [1.29, 1.82) is 0 Å². The molecule has 0 atom stereocenters. The molecule has 0 aromatic carbocycles. The van der Waals surface area contributed by atoms with E-state index in [1.54, 1.807) is 25.3 Å². The van der Waals surface area contributed by atoms with E-state index in [1.165, 1.54) is 0 Å². The summed E-state index contributed by atoms with van der Waals surface area (Å²) in [5.41, 5.74) is 1.04. The normalized spacial score (nSPS) is 14.9. The molecule has 1 N–H and O–H groups in total.